The Morgan fingerprint density at radius 1 is 1.21 bits per heavy atom. The van der Waals surface area contributed by atoms with Gasteiger partial charge in [-0.1, -0.05) is 0 Å². The van der Waals surface area contributed by atoms with Gasteiger partial charge in [0, 0.05) is 38.6 Å². The lowest BCUT2D eigenvalue weighted by Crippen LogP contribution is -2.45. The van der Waals surface area contributed by atoms with E-state index in [2.05, 4.69) is 9.97 Å². The summed E-state index contributed by atoms with van der Waals surface area (Å²) < 4.78 is 17.0. The highest BCUT2D eigenvalue weighted by Crippen LogP contribution is 2.27. The largest absolute Gasteiger partial charge is 0.354 e. The van der Waals surface area contributed by atoms with Crippen molar-refractivity contribution in [3.63, 3.8) is 0 Å². The molecule has 1 fully saturated rings. The Kier molecular flexibility index (Phi) is 4.39. The fourth-order valence-electron chi connectivity index (χ4n) is 3.69. The molecular weight excluding hydrogens is 363 g/mol. The third-order valence-corrected chi connectivity index (χ3v) is 5.14. The first-order chi connectivity index (χ1) is 13.5. The number of nitrogens with zero attached hydrogens (tertiary/aromatic N) is 6. The van der Waals surface area contributed by atoms with Crippen molar-refractivity contribution in [2.75, 3.05) is 18.0 Å². The lowest BCUT2D eigenvalue weighted by molar-refractivity contribution is 0.388. The molecule has 0 aromatic carbocycles. The van der Waals surface area contributed by atoms with Gasteiger partial charge in [-0.2, -0.15) is 5.26 Å². The zero-order chi connectivity index (χ0) is 19.8. The molecule has 0 atom stereocenters. The second-order valence-electron chi connectivity index (χ2n) is 6.74. The van der Waals surface area contributed by atoms with Crippen LogP contribution in [0.15, 0.2) is 40.2 Å². The number of aromatic nitrogens is 4. The van der Waals surface area contributed by atoms with Gasteiger partial charge in [-0.25, -0.2) is 14.4 Å². The number of fused-ring (bicyclic) bond motifs is 1. The number of aryl methyl sites for hydroxylation is 1. The van der Waals surface area contributed by atoms with Crippen molar-refractivity contribution >= 4 is 17.0 Å². The quantitative estimate of drug-likeness (QED) is 0.623. The summed E-state index contributed by atoms with van der Waals surface area (Å²) in [4.78, 5) is 35.2. The predicted molar refractivity (Wildman–Crippen MR) is 101 cm³/mol. The van der Waals surface area contributed by atoms with Crippen LogP contribution >= 0.6 is 0 Å². The number of pyridine rings is 2. The summed E-state index contributed by atoms with van der Waals surface area (Å²) in [7, 11) is 1.56. The first-order valence-electron chi connectivity index (χ1n) is 8.88. The summed E-state index contributed by atoms with van der Waals surface area (Å²) in [5.74, 6) is -0.355. The Hall–Kier alpha value is -3.54. The number of hydrogen-bond donors (Lipinski definition) is 0. The number of anilines is 1. The molecule has 4 heterocycles. The normalized spacial score (nSPS) is 15.0. The maximum atomic E-state index is 14.2. The van der Waals surface area contributed by atoms with E-state index >= 15 is 0 Å². The molecule has 3 aromatic heterocycles. The van der Waals surface area contributed by atoms with Crippen molar-refractivity contribution in [2.45, 2.75) is 18.9 Å². The van der Waals surface area contributed by atoms with Crippen molar-refractivity contribution < 1.29 is 4.39 Å². The first kappa shape index (κ1) is 17.9. The minimum absolute atomic E-state index is 0.167. The summed E-state index contributed by atoms with van der Waals surface area (Å²) >= 11 is 0. The monoisotopic (exact) mass is 380 g/mol. The van der Waals surface area contributed by atoms with E-state index in [1.807, 2.05) is 6.07 Å². The molecule has 0 bridgehead atoms. The molecule has 0 saturated carbocycles. The van der Waals surface area contributed by atoms with Gasteiger partial charge >= 0.3 is 11.1 Å². The van der Waals surface area contributed by atoms with Crippen LogP contribution < -0.4 is 16.0 Å². The summed E-state index contributed by atoms with van der Waals surface area (Å²) in [6.45, 7) is 0.937. The molecule has 4 rings (SSSR count). The van der Waals surface area contributed by atoms with Crippen LogP contribution in [0.25, 0.3) is 11.2 Å². The van der Waals surface area contributed by atoms with E-state index in [0.29, 0.717) is 37.1 Å². The number of halogens is 1. The van der Waals surface area contributed by atoms with Gasteiger partial charge < -0.3 is 9.47 Å². The van der Waals surface area contributed by atoms with Gasteiger partial charge in [0.1, 0.15) is 6.07 Å². The lowest BCUT2D eigenvalue weighted by Gasteiger charge is -2.34. The molecule has 0 radical (unpaired) electrons. The Morgan fingerprint density at radius 2 is 1.96 bits per heavy atom. The Labute approximate surface area is 159 Å². The van der Waals surface area contributed by atoms with Crippen molar-refractivity contribution in [3.8, 4) is 6.07 Å². The predicted octanol–water partition coefficient (Wildman–Crippen LogP) is 1.34. The molecule has 3 aromatic rings. The van der Waals surface area contributed by atoms with Gasteiger partial charge in [0.15, 0.2) is 17.3 Å². The molecule has 0 unspecified atom stereocenters. The van der Waals surface area contributed by atoms with Crippen molar-refractivity contribution in [2.24, 2.45) is 7.05 Å². The average Bonchev–Trinajstić information content (AvgIpc) is 2.73. The van der Waals surface area contributed by atoms with Crippen LogP contribution in [0.2, 0.25) is 0 Å². The fourth-order valence-corrected chi connectivity index (χ4v) is 3.69. The highest BCUT2D eigenvalue weighted by atomic mass is 19.1. The summed E-state index contributed by atoms with van der Waals surface area (Å²) in [5.41, 5.74) is 0.0305. The number of nitriles is 1. The molecule has 1 aliphatic heterocycles. The molecule has 1 aliphatic rings. The number of rotatable bonds is 2. The average molecular weight is 380 g/mol. The maximum absolute atomic E-state index is 14.2. The van der Waals surface area contributed by atoms with Gasteiger partial charge in [-0.05, 0) is 31.0 Å². The van der Waals surface area contributed by atoms with E-state index in [1.165, 1.54) is 15.3 Å². The Bertz CT molecular complexity index is 1220. The van der Waals surface area contributed by atoms with E-state index < -0.39 is 16.9 Å². The molecule has 0 aliphatic carbocycles. The van der Waals surface area contributed by atoms with Crippen molar-refractivity contribution in [1.82, 2.24) is 19.1 Å². The van der Waals surface area contributed by atoms with Crippen LogP contribution in [0, 0.1) is 17.1 Å². The topological polar surface area (TPSA) is 96.8 Å². The minimum atomic E-state index is -0.602. The SMILES string of the molecule is Cn1c(=O)c(=O)n(C2CCN(c3ncc(C#N)cc3F)CC2)c2ncccc21. The van der Waals surface area contributed by atoms with E-state index in [0.717, 1.165) is 6.07 Å². The second-order valence-corrected chi connectivity index (χ2v) is 6.74. The molecule has 1 saturated heterocycles. The van der Waals surface area contributed by atoms with Gasteiger partial charge in [0.05, 0.1) is 11.1 Å². The second kappa shape index (κ2) is 6.88. The Balaban J connectivity index is 1.66. The van der Waals surface area contributed by atoms with Crippen LogP contribution in [-0.2, 0) is 7.05 Å². The zero-order valence-electron chi connectivity index (χ0n) is 15.2. The molecule has 0 spiro atoms. The molecule has 9 heteroatoms. The molecular formula is C19H17FN6O2. The molecule has 8 nitrogen and oxygen atoms in total. The van der Waals surface area contributed by atoms with Crippen molar-refractivity contribution in [3.05, 3.63) is 62.7 Å². The number of piperidine rings is 1. The van der Waals surface area contributed by atoms with E-state index in [-0.39, 0.29) is 17.4 Å². The maximum Gasteiger partial charge on any atom is 0.318 e. The van der Waals surface area contributed by atoms with E-state index in [9.17, 15) is 14.0 Å². The van der Waals surface area contributed by atoms with Gasteiger partial charge in [-0.15, -0.1) is 0 Å². The summed E-state index contributed by atoms with van der Waals surface area (Å²) in [5, 5.41) is 8.84. The lowest BCUT2D eigenvalue weighted by atomic mass is 10.0. The van der Waals surface area contributed by atoms with Crippen LogP contribution in [0.4, 0.5) is 10.2 Å². The third-order valence-electron chi connectivity index (χ3n) is 5.14. The van der Waals surface area contributed by atoms with E-state index in [1.54, 1.807) is 30.3 Å². The summed E-state index contributed by atoms with van der Waals surface area (Å²) in [6.07, 6.45) is 4.01. The smallest absolute Gasteiger partial charge is 0.318 e. The fraction of sp³-hybridized carbons (Fsp3) is 0.316. The van der Waals surface area contributed by atoms with Gasteiger partial charge in [0.2, 0.25) is 0 Å². The standard InChI is InChI=1S/C19H17FN6O2/c1-24-15-3-2-6-22-17(15)26(19(28)18(24)27)13-4-7-25(8-5-13)16-14(20)9-12(10-21)11-23-16/h2-3,6,9,11,13H,4-5,7-8H2,1H3. The molecule has 0 N–H and O–H groups in total. The molecule has 28 heavy (non-hydrogen) atoms. The molecule has 142 valence electrons. The van der Waals surface area contributed by atoms with E-state index in [4.69, 9.17) is 5.26 Å². The van der Waals surface area contributed by atoms with Crippen LogP contribution in [-0.4, -0.2) is 32.2 Å². The highest BCUT2D eigenvalue weighted by Gasteiger charge is 2.26. The first-order valence-corrected chi connectivity index (χ1v) is 8.88. The van der Waals surface area contributed by atoms with Gasteiger partial charge in [-0.3, -0.25) is 14.2 Å². The van der Waals surface area contributed by atoms with Crippen molar-refractivity contribution in [1.29, 1.82) is 5.26 Å². The minimum Gasteiger partial charge on any atom is -0.354 e. The van der Waals surface area contributed by atoms with Crippen LogP contribution in [0.3, 0.4) is 0 Å². The zero-order valence-corrected chi connectivity index (χ0v) is 15.2. The molecule has 0 amide bonds. The van der Waals surface area contributed by atoms with Crippen LogP contribution in [0.5, 0.6) is 0 Å². The Morgan fingerprint density at radius 3 is 2.64 bits per heavy atom. The van der Waals surface area contributed by atoms with Crippen LogP contribution in [0.1, 0.15) is 24.4 Å². The highest BCUT2D eigenvalue weighted by molar-refractivity contribution is 5.70. The van der Waals surface area contributed by atoms with Gasteiger partial charge in [0.25, 0.3) is 0 Å². The third kappa shape index (κ3) is 2.83. The number of hydrogen-bond acceptors (Lipinski definition) is 6. The summed E-state index contributed by atoms with van der Waals surface area (Å²) in [6, 6.07) is 6.29.